The molecule has 1 fully saturated rings. The van der Waals surface area contributed by atoms with Crippen molar-refractivity contribution in [2.75, 3.05) is 0 Å². The molecule has 1 saturated carbocycles. The molecule has 0 heterocycles. The molecule has 0 aromatic heterocycles. The van der Waals surface area contributed by atoms with Gasteiger partial charge in [0.25, 0.3) is 0 Å². The molecule has 2 rings (SSSR count). The molecule has 1 nitrogen and oxygen atoms in total. The summed E-state index contributed by atoms with van der Waals surface area (Å²) >= 11 is 7.24. The molecule has 1 aliphatic rings. The van der Waals surface area contributed by atoms with Crippen molar-refractivity contribution in [2.45, 2.75) is 22.0 Å². The van der Waals surface area contributed by atoms with Crippen molar-refractivity contribution in [1.29, 1.82) is 0 Å². The van der Waals surface area contributed by atoms with Crippen molar-refractivity contribution in [2.24, 2.45) is 0 Å². The Morgan fingerprint density at radius 3 is 2.08 bits per heavy atom. The van der Waals surface area contributed by atoms with Crippen LogP contribution in [0.3, 0.4) is 0 Å². The Morgan fingerprint density at radius 1 is 1.23 bits per heavy atom. The molecule has 0 aliphatic heterocycles. The van der Waals surface area contributed by atoms with Crippen LogP contribution in [0.5, 0.6) is 5.75 Å². The second-order valence-electron chi connectivity index (χ2n) is 3.76. The molecule has 0 spiro atoms. The van der Waals surface area contributed by atoms with Gasteiger partial charge in [0.15, 0.2) is 0 Å². The number of benzene rings is 1. The molecule has 1 unspecified atom stereocenters. The summed E-state index contributed by atoms with van der Waals surface area (Å²) in [5, 5.41) is 9.15. The van der Waals surface area contributed by atoms with Gasteiger partial charge in [-0.15, -0.1) is 0 Å². The maximum atomic E-state index is 9.15. The monoisotopic (exact) mass is 304 g/mol. The van der Waals surface area contributed by atoms with Crippen LogP contribution < -0.4 is 0 Å². The molecule has 70 valence electrons. The molecule has 1 aromatic carbocycles. The zero-order chi connectivity index (χ0) is 9.69. The van der Waals surface area contributed by atoms with Gasteiger partial charge in [0.2, 0.25) is 0 Å². The number of halogens is 2. The molecule has 1 aromatic rings. The van der Waals surface area contributed by atoms with Crippen LogP contribution in [0.25, 0.3) is 0 Å². The summed E-state index contributed by atoms with van der Waals surface area (Å²) in [6.07, 6.45) is 1.07. The summed E-state index contributed by atoms with van der Waals surface area (Å²) in [5.41, 5.74) is 1.40. The molecule has 0 amide bonds. The highest BCUT2D eigenvalue weighted by Gasteiger charge is 2.62. The van der Waals surface area contributed by atoms with Gasteiger partial charge in [-0.2, -0.15) is 0 Å². The molecule has 1 atom stereocenters. The van der Waals surface area contributed by atoms with Crippen molar-refractivity contribution >= 4 is 31.9 Å². The van der Waals surface area contributed by atoms with Crippen LogP contribution in [-0.2, 0) is 5.41 Å². The third-order valence-corrected chi connectivity index (χ3v) is 5.07. The van der Waals surface area contributed by atoms with Gasteiger partial charge in [-0.1, -0.05) is 50.9 Å². The third-order valence-electron chi connectivity index (χ3n) is 2.76. The quantitative estimate of drug-likeness (QED) is 0.787. The van der Waals surface area contributed by atoms with Gasteiger partial charge in [0.05, 0.1) is 3.23 Å². The minimum absolute atomic E-state index is 0.0456. The summed E-state index contributed by atoms with van der Waals surface area (Å²) in [6.45, 7) is 2.20. The van der Waals surface area contributed by atoms with Crippen LogP contribution in [0.2, 0.25) is 0 Å². The topological polar surface area (TPSA) is 20.2 Å². The number of phenols is 1. The van der Waals surface area contributed by atoms with Crippen LogP contribution in [0.1, 0.15) is 18.9 Å². The summed E-state index contributed by atoms with van der Waals surface area (Å²) in [5.74, 6) is 0.322. The normalized spacial score (nSPS) is 30.1. The minimum Gasteiger partial charge on any atom is -0.508 e. The predicted molar refractivity (Wildman–Crippen MR) is 60.7 cm³/mol. The third kappa shape index (κ3) is 1.42. The Balaban J connectivity index is 2.34. The zero-order valence-electron chi connectivity index (χ0n) is 7.22. The van der Waals surface area contributed by atoms with Gasteiger partial charge in [0, 0.05) is 5.41 Å². The highest BCUT2D eigenvalue weighted by molar-refractivity contribution is 9.25. The first-order chi connectivity index (χ1) is 5.96. The van der Waals surface area contributed by atoms with E-state index in [2.05, 4.69) is 38.8 Å². The Morgan fingerprint density at radius 2 is 1.69 bits per heavy atom. The summed E-state index contributed by atoms with van der Waals surface area (Å²) in [6, 6.07) is 7.41. The molecule has 0 saturated heterocycles. The fourth-order valence-corrected chi connectivity index (χ4v) is 3.12. The zero-order valence-corrected chi connectivity index (χ0v) is 10.4. The van der Waals surface area contributed by atoms with Crippen LogP contribution in [0.15, 0.2) is 24.3 Å². The fraction of sp³-hybridized carbons (Fsp3) is 0.400. The molecule has 13 heavy (non-hydrogen) atoms. The maximum Gasteiger partial charge on any atom is 0.115 e. The van der Waals surface area contributed by atoms with Crippen molar-refractivity contribution in [3.8, 4) is 5.75 Å². The Bertz CT molecular complexity index is 331. The van der Waals surface area contributed by atoms with Crippen LogP contribution in [0, 0.1) is 0 Å². The van der Waals surface area contributed by atoms with Gasteiger partial charge in [-0.3, -0.25) is 0 Å². The lowest BCUT2D eigenvalue weighted by molar-refractivity contribution is 0.475. The average Bonchev–Trinajstić information content (AvgIpc) is 2.53. The molecule has 3 heteroatoms. The molecule has 1 N–H and O–H groups in total. The van der Waals surface area contributed by atoms with E-state index in [0.29, 0.717) is 5.75 Å². The number of phenolic OH excluding ortho intramolecular Hbond substituents is 1. The van der Waals surface area contributed by atoms with Crippen LogP contribution in [0.4, 0.5) is 0 Å². The SMILES string of the molecule is CC1(c2ccc(O)cc2)CC1(Br)Br. The van der Waals surface area contributed by atoms with E-state index < -0.39 is 0 Å². The predicted octanol–water partition coefficient (Wildman–Crippen LogP) is 3.54. The second-order valence-corrected chi connectivity index (χ2v) is 7.53. The number of hydrogen-bond donors (Lipinski definition) is 1. The summed E-state index contributed by atoms with van der Waals surface area (Å²) in [7, 11) is 0. The van der Waals surface area contributed by atoms with Crippen molar-refractivity contribution in [3.05, 3.63) is 29.8 Å². The van der Waals surface area contributed by atoms with Crippen molar-refractivity contribution in [1.82, 2.24) is 0 Å². The van der Waals surface area contributed by atoms with E-state index >= 15 is 0 Å². The van der Waals surface area contributed by atoms with E-state index in [4.69, 9.17) is 5.11 Å². The van der Waals surface area contributed by atoms with Gasteiger partial charge in [-0.05, 0) is 24.1 Å². The highest BCUT2D eigenvalue weighted by Crippen LogP contribution is 2.66. The largest absolute Gasteiger partial charge is 0.508 e. The molecule has 0 bridgehead atoms. The Hall–Kier alpha value is -0.0200. The highest BCUT2D eigenvalue weighted by atomic mass is 79.9. The first-order valence-corrected chi connectivity index (χ1v) is 5.72. The van der Waals surface area contributed by atoms with E-state index in [0.717, 1.165) is 6.42 Å². The van der Waals surface area contributed by atoms with Gasteiger partial charge < -0.3 is 5.11 Å². The van der Waals surface area contributed by atoms with E-state index in [1.807, 2.05) is 12.1 Å². The van der Waals surface area contributed by atoms with Gasteiger partial charge in [0.1, 0.15) is 5.75 Å². The Labute approximate surface area is 94.4 Å². The second kappa shape index (κ2) is 2.74. The van der Waals surface area contributed by atoms with E-state index in [1.54, 1.807) is 12.1 Å². The minimum atomic E-state index is 0.0456. The average molecular weight is 306 g/mol. The van der Waals surface area contributed by atoms with E-state index in [9.17, 15) is 0 Å². The Kier molecular flexibility index (Phi) is 2.01. The summed E-state index contributed by atoms with van der Waals surface area (Å²) in [4.78, 5) is 0. The van der Waals surface area contributed by atoms with Gasteiger partial charge in [-0.25, -0.2) is 0 Å². The fourth-order valence-electron chi connectivity index (χ4n) is 1.54. The number of aromatic hydroxyl groups is 1. The van der Waals surface area contributed by atoms with Crippen LogP contribution in [-0.4, -0.2) is 8.34 Å². The van der Waals surface area contributed by atoms with Gasteiger partial charge >= 0.3 is 0 Å². The van der Waals surface area contributed by atoms with E-state index in [1.165, 1.54) is 5.56 Å². The first kappa shape index (κ1) is 9.53. The molecule has 0 radical (unpaired) electrons. The molecular formula is C10H10Br2O. The lowest BCUT2D eigenvalue weighted by Gasteiger charge is -2.12. The molecular weight excluding hydrogens is 296 g/mol. The lowest BCUT2D eigenvalue weighted by Crippen LogP contribution is -2.08. The maximum absolute atomic E-state index is 9.15. The lowest BCUT2D eigenvalue weighted by atomic mass is 9.99. The first-order valence-electron chi connectivity index (χ1n) is 4.13. The van der Waals surface area contributed by atoms with Crippen molar-refractivity contribution < 1.29 is 5.11 Å². The smallest absolute Gasteiger partial charge is 0.115 e. The van der Waals surface area contributed by atoms with Crippen LogP contribution >= 0.6 is 31.9 Å². The number of rotatable bonds is 1. The number of alkyl halides is 2. The standard InChI is InChI=1S/C10H10Br2O/c1-9(6-10(9,11)12)7-2-4-8(13)5-3-7/h2-5,13H,6H2,1H3. The van der Waals surface area contributed by atoms with E-state index in [-0.39, 0.29) is 8.65 Å². The number of hydrogen-bond acceptors (Lipinski definition) is 1. The van der Waals surface area contributed by atoms with Crippen molar-refractivity contribution in [3.63, 3.8) is 0 Å². The summed E-state index contributed by atoms with van der Waals surface area (Å²) < 4.78 is 0.0456. The molecule has 1 aliphatic carbocycles.